The second kappa shape index (κ2) is 4.74. The Bertz CT molecular complexity index is 375. The van der Waals surface area contributed by atoms with Crippen molar-refractivity contribution in [3.63, 3.8) is 0 Å². The van der Waals surface area contributed by atoms with Gasteiger partial charge in [-0.1, -0.05) is 6.92 Å². The van der Waals surface area contributed by atoms with Gasteiger partial charge < -0.3 is 5.32 Å². The Morgan fingerprint density at radius 1 is 1.59 bits per heavy atom. The molecule has 2 heterocycles. The van der Waals surface area contributed by atoms with Gasteiger partial charge in [-0.15, -0.1) is 0 Å². The van der Waals surface area contributed by atoms with Crippen LogP contribution in [-0.4, -0.2) is 44.3 Å². The van der Waals surface area contributed by atoms with Crippen LogP contribution in [0, 0.1) is 0 Å². The van der Waals surface area contributed by atoms with Crippen LogP contribution in [0.5, 0.6) is 0 Å². The van der Waals surface area contributed by atoms with Gasteiger partial charge in [-0.3, -0.25) is 9.58 Å². The highest BCUT2D eigenvalue weighted by Gasteiger charge is 2.35. The quantitative estimate of drug-likeness (QED) is 0.844. The predicted octanol–water partition coefficient (Wildman–Crippen LogP) is 0.777. The molecule has 0 aliphatic carbocycles. The number of piperazine rings is 1. The highest BCUT2D eigenvalue weighted by atomic mass is 15.4. The molecular weight excluding hydrogens is 214 g/mol. The van der Waals surface area contributed by atoms with Gasteiger partial charge in [-0.05, 0) is 20.3 Å². The topological polar surface area (TPSA) is 46.0 Å². The lowest BCUT2D eigenvalue weighted by atomic mass is 9.92. The van der Waals surface area contributed by atoms with Gasteiger partial charge in [0.2, 0.25) is 0 Å². The van der Waals surface area contributed by atoms with Gasteiger partial charge in [0.15, 0.2) is 0 Å². The van der Waals surface area contributed by atoms with E-state index in [0.717, 1.165) is 31.9 Å². The van der Waals surface area contributed by atoms with E-state index in [0.29, 0.717) is 6.04 Å². The fourth-order valence-corrected chi connectivity index (χ4v) is 2.36. The number of nitrogens with one attached hydrogen (secondary N) is 1. The Hall–Kier alpha value is -0.940. The fourth-order valence-electron chi connectivity index (χ4n) is 2.36. The van der Waals surface area contributed by atoms with Crippen LogP contribution in [0.2, 0.25) is 0 Å². The van der Waals surface area contributed by atoms with Crippen LogP contribution in [0.25, 0.3) is 0 Å². The van der Waals surface area contributed by atoms with Crippen LogP contribution in [-0.2, 0) is 13.6 Å². The van der Waals surface area contributed by atoms with Crippen molar-refractivity contribution in [2.75, 3.05) is 13.1 Å². The molecule has 0 radical (unpaired) electrons. The number of aromatic nitrogens is 3. The summed E-state index contributed by atoms with van der Waals surface area (Å²) in [5.41, 5.74) is 0.221. The summed E-state index contributed by atoms with van der Waals surface area (Å²) in [6.07, 6.45) is 2.77. The molecule has 0 aromatic carbocycles. The normalized spacial score (nSPS) is 30.7. The molecule has 1 aromatic rings. The summed E-state index contributed by atoms with van der Waals surface area (Å²) in [6.45, 7) is 9.80. The van der Waals surface area contributed by atoms with Crippen LogP contribution in [0.1, 0.15) is 33.0 Å². The summed E-state index contributed by atoms with van der Waals surface area (Å²) in [5.74, 6) is 1.04. The standard InChI is InChI=1S/C12H23N5/c1-5-12(3)8-13-10(2)6-17(12)7-11-14-9-15-16(11)4/h9-10,13H,5-8H2,1-4H3. The highest BCUT2D eigenvalue weighted by Crippen LogP contribution is 2.24. The molecule has 2 rings (SSSR count). The van der Waals surface area contributed by atoms with E-state index in [1.807, 2.05) is 11.7 Å². The van der Waals surface area contributed by atoms with Gasteiger partial charge in [0.05, 0.1) is 6.54 Å². The molecule has 96 valence electrons. The van der Waals surface area contributed by atoms with Crippen molar-refractivity contribution in [2.45, 2.75) is 45.3 Å². The van der Waals surface area contributed by atoms with E-state index in [1.165, 1.54) is 0 Å². The van der Waals surface area contributed by atoms with Crippen LogP contribution < -0.4 is 5.32 Å². The van der Waals surface area contributed by atoms with Crippen molar-refractivity contribution >= 4 is 0 Å². The second-order valence-corrected chi connectivity index (χ2v) is 5.31. The molecule has 0 amide bonds. The molecule has 1 aliphatic heterocycles. The minimum Gasteiger partial charge on any atom is -0.311 e. The number of rotatable bonds is 3. The molecule has 2 atom stereocenters. The molecule has 0 saturated carbocycles. The maximum atomic E-state index is 4.32. The average molecular weight is 237 g/mol. The molecule has 1 fully saturated rings. The lowest BCUT2D eigenvalue weighted by Gasteiger charge is -2.47. The minimum atomic E-state index is 0.221. The van der Waals surface area contributed by atoms with Gasteiger partial charge in [-0.25, -0.2) is 4.98 Å². The van der Waals surface area contributed by atoms with E-state index in [1.54, 1.807) is 6.33 Å². The Kier molecular flexibility index (Phi) is 3.49. The molecule has 5 nitrogen and oxygen atoms in total. The molecule has 1 N–H and O–H groups in total. The third-order valence-corrected chi connectivity index (χ3v) is 3.99. The zero-order chi connectivity index (χ0) is 12.5. The van der Waals surface area contributed by atoms with Crippen molar-refractivity contribution in [2.24, 2.45) is 7.05 Å². The third kappa shape index (κ3) is 2.50. The van der Waals surface area contributed by atoms with Crippen LogP contribution >= 0.6 is 0 Å². The molecular formula is C12H23N5. The smallest absolute Gasteiger partial charge is 0.140 e. The molecule has 0 spiro atoms. The summed E-state index contributed by atoms with van der Waals surface area (Å²) in [7, 11) is 1.96. The summed E-state index contributed by atoms with van der Waals surface area (Å²) in [6, 6.07) is 0.544. The zero-order valence-corrected chi connectivity index (χ0v) is 11.3. The SMILES string of the molecule is CCC1(C)CNC(C)CN1Cc1ncnn1C. The lowest BCUT2D eigenvalue weighted by molar-refractivity contribution is 0.0421. The van der Waals surface area contributed by atoms with E-state index >= 15 is 0 Å². The molecule has 1 aliphatic rings. The molecule has 2 unspecified atom stereocenters. The van der Waals surface area contributed by atoms with E-state index in [-0.39, 0.29) is 5.54 Å². The van der Waals surface area contributed by atoms with Crippen molar-refractivity contribution < 1.29 is 0 Å². The zero-order valence-electron chi connectivity index (χ0n) is 11.3. The maximum Gasteiger partial charge on any atom is 0.140 e. The van der Waals surface area contributed by atoms with Crippen molar-refractivity contribution in [1.29, 1.82) is 0 Å². The number of aryl methyl sites for hydroxylation is 1. The molecule has 17 heavy (non-hydrogen) atoms. The van der Waals surface area contributed by atoms with Gasteiger partial charge >= 0.3 is 0 Å². The molecule has 5 heteroatoms. The molecule has 1 aromatic heterocycles. The predicted molar refractivity (Wildman–Crippen MR) is 67.6 cm³/mol. The van der Waals surface area contributed by atoms with Gasteiger partial charge in [0.1, 0.15) is 12.2 Å². The minimum absolute atomic E-state index is 0.221. The van der Waals surface area contributed by atoms with Crippen LogP contribution in [0.15, 0.2) is 6.33 Å². The van der Waals surface area contributed by atoms with E-state index < -0.39 is 0 Å². The number of hydrogen-bond donors (Lipinski definition) is 1. The van der Waals surface area contributed by atoms with Crippen LogP contribution in [0.3, 0.4) is 0 Å². The molecule has 0 bridgehead atoms. The first-order valence-corrected chi connectivity index (χ1v) is 6.36. The average Bonchev–Trinajstić information content (AvgIpc) is 2.70. The first kappa shape index (κ1) is 12.5. The monoisotopic (exact) mass is 237 g/mol. The summed E-state index contributed by atoms with van der Waals surface area (Å²) >= 11 is 0. The van der Waals surface area contributed by atoms with E-state index in [9.17, 15) is 0 Å². The van der Waals surface area contributed by atoms with E-state index in [4.69, 9.17) is 0 Å². The Morgan fingerprint density at radius 2 is 2.35 bits per heavy atom. The first-order chi connectivity index (χ1) is 8.05. The Balaban J connectivity index is 2.13. The Labute approximate surface area is 103 Å². The Morgan fingerprint density at radius 3 is 2.94 bits per heavy atom. The van der Waals surface area contributed by atoms with Crippen LogP contribution in [0.4, 0.5) is 0 Å². The fraction of sp³-hybridized carbons (Fsp3) is 0.833. The summed E-state index contributed by atoms with van der Waals surface area (Å²) in [4.78, 5) is 6.85. The highest BCUT2D eigenvalue weighted by molar-refractivity contribution is 4.97. The van der Waals surface area contributed by atoms with E-state index in [2.05, 4.69) is 41.1 Å². The van der Waals surface area contributed by atoms with Gasteiger partial charge in [0.25, 0.3) is 0 Å². The van der Waals surface area contributed by atoms with Crippen molar-refractivity contribution in [3.8, 4) is 0 Å². The third-order valence-electron chi connectivity index (χ3n) is 3.99. The summed E-state index contributed by atoms with van der Waals surface area (Å²) < 4.78 is 1.86. The number of hydrogen-bond acceptors (Lipinski definition) is 4. The number of nitrogens with zero attached hydrogens (tertiary/aromatic N) is 4. The maximum absolute atomic E-state index is 4.32. The van der Waals surface area contributed by atoms with Crippen molar-refractivity contribution in [1.82, 2.24) is 25.0 Å². The lowest BCUT2D eigenvalue weighted by Crippen LogP contribution is -2.62. The largest absolute Gasteiger partial charge is 0.311 e. The van der Waals surface area contributed by atoms with Crippen molar-refractivity contribution in [3.05, 3.63) is 12.2 Å². The summed E-state index contributed by atoms with van der Waals surface area (Å²) in [5, 5.41) is 7.70. The second-order valence-electron chi connectivity index (χ2n) is 5.31. The van der Waals surface area contributed by atoms with Gasteiger partial charge in [0, 0.05) is 31.7 Å². The van der Waals surface area contributed by atoms with Gasteiger partial charge in [-0.2, -0.15) is 5.10 Å². The first-order valence-electron chi connectivity index (χ1n) is 6.36. The molecule has 1 saturated heterocycles.